The molecule has 2 amide bonds. The normalized spacial score (nSPS) is 10.8. The molecule has 0 unspecified atom stereocenters. The molecule has 2 heterocycles. The zero-order valence-electron chi connectivity index (χ0n) is 18.6. The van der Waals surface area contributed by atoms with Gasteiger partial charge in [0.2, 0.25) is 5.91 Å². The molecule has 3 rings (SSSR count). The molecule has 0 saturated heterocycles. The Labute approximate surface area is 186 Å². The van der Waals surface area contributed by atoms with Gasteiger partial charge < -0.3 is 10.1 Å². The van der Waals surface area contributed by atoms with Crippen molar-refractivity contribution in [3.8, 4) is 6.07 Å². The summed E-state index contributed by atoms with van der Waals surface area (Å²) in [6.45, 7) is 8.01. The largest absolute Gasteiger partial charge is 0.449 e. The second kappa shape index (κ2) is 9.92. The number of amides is 2. The highest BCUT2D eigenvalue weighted by Gasteiger charge is 2.15. The molecule has 3 aromatic rings. The van der Waals surface area contributed by atoms with Gasteiger partial charge in [0, 0.05) is 29.2 Å². The number of benzene rings is 1. The summed E-state index contributed by atoms with van der Waals surface area (Å²) in [6.07, 6.45) is 1.68. The lowest BCUT2D eigenvalue weighted by molar-refractivity contribution is -0.116. The first-order valence-electron chi connectivity index (χ1n) is 10.4. The van der Waals surface area contributed by atoms with Gasteiger partial charge in [-0.25, -0.2) is 14.3 Å². The average Bonchev–Trinajstić information content (AvgIpc) is 3.15. The summed E-state index contributed by atoms with van der Waals surface area (Å²) in [6, 6.07) is 8.97. The number of hydrogen-bond acceptors (Lipinski definition) is 6. The van der Waals surface area contributed by atoms with E-state index >= 15 is 0 Å². The minimum atomic E-state index is -0.533. The number of hydrogen-bond donors (Lipinski definition) is 2. The molecule has 0 radical (unpaired) electrons. The van der Waals surface area contributed by atoms with Crippen molar-refractivity contribution in [2.24, 2.45) is 5.92 Å². The molecular formula is C23H26N6O3. The van der Waals surface area contributed by atoms with Crippen molar-refractivity contribution in [1.82, 2.24) is 14.6 Å². The summed E-state index contributed by atoms with van der Waals surface area (Å²) in [5.74, 6) is 0.0814. The molecule has 0 bridgehead atoms. The molecule has 0 atom stereocenters. The fraction of sp³-hybridized carbons (Fsp3) is 0.348. The lowest BCUT2D eigenvalue weighted by Crippen LogP contribution is -2.17. The van der Waals surface area contributed by atoms with Crippen molar-refractivity contribution in [2.45, 2.75) is 40.5 Å². The van der Waals surface area contributed by atoms with Crippen LogP contribution < -0.4 is 10.6 Å². The van der Waals surface area contributed by atoms with Crippen LogP contribution in [0, 0.1) is 31.1 Å². The van der Waals surface area contributed by atoms with Crippen LogP contribution in [0.3, 0.4) is 0 Å². The minimum absolute atomic E-state index is 0.165. The Bertz CT molecular complexity index is 1190. The van der Waals surface area contributed by atoms with E-state index in [-0.39, 0.29) is 18.2 Å². The zero-order chi connectivity index (χ0) is 23.3. The number of carbonyl (C=O) groups is 2. The van der Waals surface area contributed by atoms with E-state index in [1.807, 2.05) is 27.7 Å². The highest BCUT2D eigenvalue weighted by molar-refractivity contribution is 5.92. The third kappa shape index (κ3) is 5.40. The van der Waals surface area contributed by atoms with Crippen LogP contribution in [-0.2, 0) is 16.0 Å². The van der Waals surface area contributed by atoms with Crippen LogP contribution in [0.5, 0.6) is 0 Å². The van der Waals surface area contributed by atoms with E-state index in [4.69, 9.17) is 4.74 Å². The molecule has 1 aromatic carbocycles. The number of nitriles is 1. The molecule has 0 saturated carbocycles. The predicted molar refractivity (Wildman–Crippen MR) is 120 cm³/mol. The maximum Gasteiger partial charge on any atom is 0.411 e. The van der Waals surface area contributed by atoms with Crippen LogP contribution in [0.4, 0.5) is 16.2 Å². The smallest absolute Gasteiger partial charge is 0.411 e. The van der Waals surface area contributed by atoms with E-state index in [1.54, 1.807) is 28.8 Å². The first kappa shape index (κ1) is 22.7. The SMILES string of the molecule is Cc1nc2c(C#N)cnn2c(C)c1CCC(=O)Nc1cccc(NC(=O)OCC(C)C)c1. The Kier molecular flexibility index (Phi) is 7.05. The Morgan fingerprint density at radius 1 is 1.22 bits per heavy atom. The maximum absolute atomic E-state index is 12.5. The Balaban J connectivity index is 1.62. The number of anilines is 2. The molecule has 0 fully saturated rings. The van der Waals surface area contributed by atoms with Crippen molar-refractivity contribution in [2.75, 3.05) is 17.2 Å². The summed E-state index contributed by atoms with van der Waals surface area (Å²) >= 11 is 0. The van der Waals surface area contributed by atoms with Gasteiger partial charge in [0.05, 0.1) is 12.8 Å². The number of nitrogens with zero attached hydrogens (tertiary/aromatic N) is 4. The van der Waals surface area contributed by atoms with Crippen molar-refractivity contribution >= 4 is 29.0 Å². The number of carbonyl (C=O) groups excluding carboxylic acids is 2. The number of ether oxygens (including phenoxy) is 1. The predicted octanol–water partition coefficient (Wildman–Crippen LogP) is 3.99. The standard InChI is InChI=1S/C23H26N6O3/c1-14(2)13-32-23(31)28-19-7-5-6-18(10-19)27-21(30)9-8-20-15(3)26-22-17(11-24)12-25-29(22)16(20)4/h5-7,10,12,14H,8-9,13H2,1-4H3,(H,27,30)(H,28,31). The Morgan fingerprint density at radius 3 is 2.62 bits per heavy atom. The number of rotatable bonds is 7. The van der Waals surface area contributed by atoms with E-state index in [0.717, 1.165) is 17.0 Å². The van der Waals surface area contributed by atoms with E-state index in [9.17, 15) is 14.9 Å². The van der Waals surface area contributed by atoms with E-state index in [2.05, 4.69) is 26.8 Å². The quantitative estimate of drug-likeness (QED) is 0.580. The summed E-state index contributed by atoms with van der Waals surface area (Å²) in [4.78, 5) is 28.8. The molecule has 32 heavy (non-hydrogen) atoms. The Morgan fingerprint density at radius 2 is 1.94 bits per heavy atom. The number of nitrogens with one attached hydrogen (secondary N) is 2. The van der Waals surface area contributed by atoms with E-state index in [0.29, 0.717) is 35.6 Å². The van der Waals surface area contributed by atoms with Gasteiger partial charge >= 0.3 is 6.09 Å². The van der Waals surface area contributed by atoms with E-state index in [1.165, 1.54) is 6.20 Å². The molecule has 9 nitrogen and oxygen atoms in total. The van der Waals surface area contributed by atoms with Crippen LogP contribution >= 0.6 is 0 Å². The van der Waals surface area contributed by atoms with Crippen LogP contribution in [0.1, 0.15) is 42.8 Å². The van der Waals surface area contributed by atoms with Gasteiger partial charge in [0.25, 0.3) is 0 Å². The van der Waals surface area contributed by atoms with Crippen molar-refractivity contribution in [1.29, 1.82) is 5.26 Å². The maximum atomic E-state index is 12.5. The van der Waals surface area contributed by atoms with Gasteiger partial charge in [-0.05, 0) is 49.9 Å². The van der Waals surface area contributed by atoms with Crippen molar-refractivity contribution < 1.29 is 14.3 Å². The second-order valence-electron chi connectivity index (χ2n) is 7.91. The first-order chi connectivity index (χ1) is 15.3. The highest BCUT2D eigenvalue weighted by Crippen LogP contribution is 2.19. The fourth-order valence-corrected chi connectivity index (χ4v) is 3.28. The Hall–Kier alpha value is -3.93. The lowest BCUT2D eigenvalue weighted by Gasteiger charge is -2.12. The van der Waals surface area contributed by atoms with Crippen molar-refractivity contribution in [3.63, 3.8) is 0 Å². The second-order valence-corrected chi connectivity index (χ2v) is 7.91. The van der Waals surface area contributed by atoms with Crippen LogP contribution in [0.25, 0.3) is 5.65 Å². The van der Waals surface area contributed by atoms with Gasteiger partial charge in [0.15, 0.2) is 5.65 Å². The minimum Gasteiger partial charge on any atom is -0.449 e. The third-order valence-electron chi connectivity index (χ3n) is 4.87. The lowest BCUT2D eigenvalue weighted by atomic mass is 10.1. The van der Waals surface area contributed by atoms with Gasteiger partial charge in [-0.2, -0.15) is 10.4 Å². The molecule has 2 N–H and O–H groups in total. The molecular weight excluding hydrogens is 408 g/mol. The molecule has 2 aromatic heterocycles. The molecule has 0 aliphatic carbocycles. The number of aryl methyl sites for hydroxylation is 2. The van der Waals surface area contributed by atoms with Gasteiger partial charge in [-0.1, -0.05) is 19.9 Å². The van der Waals surface area contributed by atoms with E-state index < -0.39 is 6.09 Å². The summed E-state index contributed by atoms with van der Waals surface area (Å²) in [7, 11) is 0. The molecule has 166 valence electrons. The molecule has 0 aliphatic rings. The first-order valence-corrected chi connectivity index (χ1v) is 10.4. The number of aromatic nitrogens is 3. The molecule has 0 aliphatic heterocycles. The summed E-state index contributed by atoms with van der Waals surface area (Å²) in [5, 5.41) is 18.9. The monoisotopic (exact) mass is 434 g/mol. The molecule has 9 heteroatoms. The number of fused-ring (bicyclic) bond motifs is 1. The fourth-order valence-electron chi connectivity index (χ4n) is 3.28. The van der Waals surface area contributed by atoms with Gasteiger partial charge in [-0.15, -0.1) is 0 Å². The zero-order valence-corrected chi connectivity index (χ0v) is 18.6. The van der Waals surface area contributed by atoms with Crippen LogP contribution in [0.15, 0.2) is 30.5 Å². The average molecular weight is 435 g/mol. The van der Waals surface area contributed by atoms with Crippen LogP contribution in [0.2, 0.25) is 0 Å². The summed E-state index contributed by atoms with van der Waals surface area (Å²) < 4.78 is 6.74. The third-order valence-corrected chi connectivity index (χ3v) is 4.87. The molecule has 0 spiro atoms. The summed E-state index contributed by atoms with van der Waals surface area (Å²) in [5.41, 5.74) is 4.59. The van der Waals surface area contributed by atoms with Crippen molar-refractivity contribution in [3.05, 3.63) is 53.0 Å². The van der Waals surface area contributed by atoms with Gasteiger partial charge in [0.1, 0.15) is 11.6 Å². The van der Waals surface area contributed by atoms with Gasteiger partial charge in [-0.3, -0.25) is 10.1 Å². The van der Waals surface area contributed by atoms with Crippen LogP contribution in [-0.4, -0.2) is 33.2 Å². The topological polar surface area (TPSA) is 121 Å². The highest BCUT2D eigenvalue weighted by atomic mass is 16.5.